The maximum absolute atomic E-state index is 14.8. The molecule has 7 nitrogen and oxygen atoms in total. The Morgan fingerprint density at radius 1 is 1.16 bits per heavy atom. The largest absolute Gasteiger partial charge is 0.394 e. The lowest BCUT2D eigenvalue weighted by atomic mass is 9.70. The molecule has 0 radical (unpaired) electrons. The molecule has 2 bridgehead atoms. The zero-order valence-corrected chi connectivity index (χ0v) is 27.5. The van der Waals surface area contributed by atoms with Gasteiger partial charge in [0.15, 0.2) is 0 Å². The highest BCUT2D eigenvalue weighted by molar-refractivity contribution is 9.09. The first-order valence-corrected chi connectivity index (χ1v) is 16.6. The van der Waals surface area contributed by atoms with E-state index in [1.165, 1.54) is 0 Å². The molecule has 1 spiro atoms. The minimum Gasteiger partial charge on any atom is -0.394 e. The highest BCUT2D eigenvalue weighted by atomic mass is 79.9. The molecule has 3 unspecified atom stereocenters. The van der Waals surface area contributed by atoms with E-state index in [0.717, 1.165) is 11.1 Å². The summed E-state index contributed by atoms with van der Waals surface area (Å²) in [6.45, 7) is 12.0. The number of para-hydroxylation sites is 1. The predicted molar refractivity (Wildman–Crippen MR) is 176 cm³/mol. The summed E-state index contributed by atoms with van der Waals surface area (Å²) in [6.07, 6.45) is 3.88. The van der Waals surface area contributed by atoms with Gasteiger partial charge in [-0.3, -0.25) is 14.4 Å². The van der Waals surface area contributed by atoms with Crippen molar-refractivity contribution in [1.29, 1.82) is 0 Å². The number of alkyl halides is 1. The number of aliphatic hydroxyl groups is 1. The van der Waals surface area contributed by atoms with Gasteiger partial charge in [0.1, 0.15) is 6.04 Å². The van der Waals surface area contributed by atoms with Crippen molar-refractivity contribution in [2.24, 2.45) is 11.8 Å². The molecule has 3 aliphatic rings. The predicted octanol–water partition coefficient (Wildman–Crippen LogP) is 5.23. The van der Waals surface area contributed by atoms with Crippen molar-refractivity contribution < 1.29 is 19.5 Å². The topological polar surface area (TPSA) is 81.2 Å². The summed E-state index contributed by atoms with van der Waals surface area (Å²) in [4.78, 5) is 48.5. The van der Waals surface area contributed by atoms with Gasteiger partial charge >= 0.3 is 0 Å². The third-order valence-corrected chi connectivity index (χ3v) is 12.4. The van der Waals surface area contributed by atoms with Crippen LogP contribution in [0.1, 0.15) is 24.5 Å². The summed E-state index contributed by atoms with van der Waals surface area (Å²) in [7, 11) is 0. The summed E-state index contributed by atoms with van der Waals surface area (Å²) in [5, 5.41) is 10.5. The number of hydrogen-bond donors (Lipinski definition) is 1. The number of thioether (sulfide) groups is 1. The van der Waals surface area contributed by atoms with Crippen LogP contribution in [0.25, 0.3) is 0 Å². The molecule has 3 amide bonds. The molecule has 0 saturated carbocycles. The van der Waals surface area contributed by atoms with Crippen LogP contribution in [0.5, 0.6) is 0 Å². The Hall–Kier alpha value is -2.59. The average Bonchev–Trinajstić information content (AvgIpc) is 3.59. The van der Waals surface area contributed by atoms with Crippen LogP contribution in [0.3, 0.4) is 0 Å². The zero-order valence-electron chi connectivity index (χ0n) is 24.4. The van der Waals surface area contributed by atoms with E-state index in [2.05, 4.69) is 29.1 Å². The number of fused-ring (bicyclic) bond motifs is 1. The first-order chi connectivity index (χ1) is 20.6. The summed E-state index contributed by atoms with van der Waals surface area (Å²) < 4.78 is -0.863. The van der Waals surface area contributed by atoms with Crippen molar-refractivity contribution in [1.82, 2.24) is 9.80 Å². The van der Waals surface area contributed by atoms with E-state index in [1.54, 1.807) is 51.6 Å². The molecule has 2 aromatic rings. The summed E-state index contributed by atoms with van der Waals surface area (Å²) >= 11 is 12.1. The number of carbonyl (C=O) groups excluding carboxylic acids is 3. The number of carbonyl (C=O) groups is 3. The first-order valence-electron chi connectivity index (χ1n) is 14.5. The minimum absolute atomic E-state index is 0.0765. The Bertz CT molecular complexity index is 1410. The second kappa shape index (κ2) is 12.8. The van der Waals surface area contributed by atoms with E-state index in [9.17, 15) is 19.5 Å². The average molecular weight is 687 g/mol. The fraction of sp³-hybridized carbons (Fsp3) is 0.424. The van der Waals surface area contributed by atoms with Gasteiger partial charge in [-0.15, -0.1) is 24.9 Å². The Kier molecular flexibility index (Phi) is 9.47. The Morgan fingerprint density at radius 2 is 1.86 bits per heavy atom. The lowest BCUT2D eigenvalue weighted by molar-refractivity contribution is -0.145. The van der Waals surface area contributed by atoms with Crippen LogP contribution in [0, 0.1) is 18.8 Å². The van der Waals surface area contributed by atoms with E-state index < -0.39 is 28.7 Å². The van der Waals surface area contributed by atoms with Gasteiger partial charge in [-0.1, -0.05) is 82.1 Å². The van der Waals surface area contributed by atoms with Crippen molar-refractivity contribution >= 4 is 62.7 Å². The Morgan fingerprint density at radius 3 is 2.49 bits per heavy atom. The highest BCUT2D eigenvalue weighted by Crippen LogP contribution is 2.68. The lowest BCUT2D eigenvalue weighted by Crippen LogP contribution is -2.57. The third-order valence-electron chi connectivity index (χ3n) is 8.90. The summed E-state index contributed by atoms with van der Waals surface area (Å²) in [5.74, 6) is -2.03. The number of aryl methyl sites for hydroxylation is 1. The fourth-order valence-electron chi connectivity index (χ4n) is 7.13. The van der Waals surface area contributed by atoms with Gasteiger partial charge in [-0.25, -0.2) is 0 Å². The van der Waals surface area contributed by atoms with Gasteiger partial charge in [0.05, 0.1) is 39.9 Å². The number of halogens is 2. The van der Waals surface area contributed by atoms with Crippen LogP contribution in [-0.4, -0.2) is 79.2 Å². The van der Waals surface area contributed by atoms with Crippen LogP contribution in [-0.2, 0) is 20.9 Å². The number of likely N-dealkylation sites (tertiary alicyclic amines) is 1. The van der Waals surface area contributed by atoms with Gasteiger partial charge in [0.25, 0.3) is 5.91 Å². The quantitative estimate of drug-likeness (QED) is 0.259. The second-order valence-electron chi connectivity index (χ2n) is 11.6. The molecule has 5 rings (SSSR count). The van der Waals surface area contributed by atoms with Crippen molar-refractivity contribution in [2.45, 2.75) is 53.7 Å². The van der Waals surface area contributed by atoms with E-state index in [-0.39, 0.29) is 41.0 Å². The lowest BCUT2D eigenvalue weighted by Gasteiger charge is -2.39. The molecule has 3 saturated heterocycles. The molecular formula is C33H37BrClN3O4S. The first kappa shape index (κ1) is 31.8. The Balaban J connectivity index is 1.59. The van der Waals surface area contributed by atoms with E-state index >= 15 is 0 Å². The SMILES string of the molecule is C=CCN(Cc1ccccc1)C(=O)[C@H]1[C@H]2C(=O)N([C@H](C)CO)C(C(=O)N(CC=C)c3c(C)cccc3Cl)C23CC(Br)[C@@H]1S3. The van der Waals surface area contributed by atoms with Crippen molar-refractivity contribution in [3.8, 4) is 0 Å². The molecular weight excluding hydrogens is 650 g/mol. The van der Waals surface area contributed by atoms with E-state index in [0.29, 0.717) is 30.2 Å². The summed E-state index contributed by atoms with van der Waals surface area (Å²) in [6, 6.07) is 13.7. The molecule has 3 fully saturated rings. The standard InChI is InChI=1S/C33H37BrClN3O4S/c1-5-15-36(18-22-12-8-7-9-13-22)30(40)25-26-31(41)38(21(4)19-39)29(33(26)17-23(34)28(25)43-33)32(42)37(16-6-2)27-20(3)11-10-14-24(27)35/h5-14,21,23,25-26,28-29,39H,1-2,15-19H2,3-4H3/t21-,23?,25+,26+,28+,29?,33?/m1/s1. The van der Waals surface area contributed by atoms with Crippen LogP contribution in [0.2, 0.25) is 5.02 Å². The van der Waals surface area contributed by atoms with Gasteiger partial charge < -0.3 is 19.8 Å². The van der Waals surface area contributed by atoms with Crippen LogP contribution >= 0.6 is 39.3 Å². The van der Waals surface area contributed by atoms with E-state index in [1.807, 2.05) is 49.4 Å². The van der Waals surface area contributed by atoms with Crippen LogP contribution in [0.15, 0.2) is 73.8 Å². The molecule has 7 atom stereocenters. The molecule has 0 aromatic heterocycles. The zero-order chi connectivity index (χ0) is 31.1. The van der Waals surface area contributed by atoms with E-state index in [4.69, 9.17) is 11.6 Å². The second-order valence-corrected chi connectivity index (χ2v) is 14.7. The number of anilines is 1. The van der Waals surface area contributed by atoms with Gasteiger partial charge in [-0.2, -0.15) is 0 Å². The van der Waals surface area contributed by atoms with Crippen LogP contribution < -0.4 is 4.90 Å². The smallest absolute Gasteiger partial charge is 0.251 e. The van der Waals surface area contributed by atoms with Crippen molar-refractivity contribution in [2.75, 3.05) is 24.6 Å². The molecule has 43 heavy (non-hydrogen) atoms. The number of benzene rings is 2. The minimum atomic E-state index is -0.905. The number of hydrogen-bond acceptors (Lipinski definition) is 5. The molecule has 10 heteroatoms. The maximum atomic E-state index is 14.8. The third kappa shape index (κ3) is 5.36. The van der Waals surface area contributed by atoms with Gasteiger partial charge in [0, 0.05) is 29.7 Å². The maximum Gasteiger partial charge on any atom is 0.251 e. The van der Waals surface area contributed by atoms with Crippen molar-refractivity contribution in [3.05, 3.63) is 90.0 Å². The fourth-order valence-corrected chi connectivity index (χ4v) is 11.0. The molecule has 0 aliphatic carbocycles. The van der Waals surface area contributed by atoms with Crippen molar-refractivity contribution in [3.63, 3.8) is 0 Å². The normalized spacial score (nSPS) is 28.0. The number of rotatable bonds is 11. The highest BCUT2D eigenvalue weighted by Gasteiger charge is 2.76. The molecule has 3 heterocycles. The summed E-state index contributed by atoms with van der Waals surface area (Å²) in [5.41, 5.74) is 2.37. The Labute approximate surface area is 271 Å². The molecule has 228 valence electrons. The monoisotopic (exact) mass is 685 g/mol. The number of nitrogens with zero attached hydrogens (tertiary/aromatic N) is 3. The van der Waals surface area contributed by atoms with Gasteiger partial charge in [-0.05, 0) is 37.5 Å². The molecule has 2 aromatic carbocycles. The number of amides is 3. The van der Waals surface area contributed by atoms with Crippen LogP contribution in [0.4, 0.5) is 5.69 Å². The number of aliphatic hydroxyl groups excluding tert-OH is 1. The van der Waals surface area contributed by atoms with Gasteiger partial charge in [0.2, 0.25) is 11.8 Å². The molecule has 1 N–H and O–H groups in total. The molecule has 3 aliphatic heterocycles.